The molecular formula is C16H23N3O. The third-order valence-electron chi connectivity index (χ3n) is 3.32. The van der Waals surface area contributed by atoms with Crippen LogP contribution in [0.25, 0.3) is 10.8 Å². The largest absolute Gasteiger partial charge is 0.398 e. The number of nitrogens with zero attached hydrogens (tertiary/aromatic N) is 2. The van der Waals surface area contributed by atoms with Gasteiger partial charge in [0.15, 0.2) is 0 Å². The first-order valence-corrected chi connectivity index (χ1v) is 6.99. The van der Waals surface area contributed by atoms with Crippen molar-refractivity contribution in [2.45, 2.75) is 13.8 Å². The van der Waals surface area contributed by atoms with E-state index < -0.39 is 0 Å². The van der Waals surface area contributed by atoms with Crippen molar-refractivity contribution >= 4 is 22.1 Å². The number of rotatable bonds is 6. The Labute approximate surface area is 120 Å². The molecule has 0 fully saturated rings. The standard InChI is InChI=1S/C16H23N3O/c1-12(2)11-19(8-9-20-3)16-5-4-15(17)14-10-18-7-6-13(14)16/h4-7,10,12H,8-9,11,17H2,1-3H3. The summed E-state index contributed by atoms with van der Waals surface area (Å²) in [6.07, 6.45) is 3.65. The van der Waals surface area contributed by atoms with Gasteiger partial charge in [0.1, 0.15) is 0 Å². The van der Waals surface area contributed by atoms with Crippen LogP contribution in [-0.4, -0.2) is 31.8 Å². The lowest BCUT2D eigenvalue weighted by Gasteiger charge is -2.28. The topological polar surface area (TPSA) is 51.4 Å². The average Bonchev–Trinajstić information content (AvgIpc) is 2.44. The quantitative estimate of drug-likeness (QED) is 0.822. The Morgan fingerprint density at radius 2 is 2.05 bits per heavy atom. The summed E-state index contributed by atoms with van der Waals surface area (Å²) in [7, 11) is 1.73. The maximum absolute atomic E-state index is 6.04. The lowest BCUT2D eigenvalue weighted by Crippen LogP contribution is -2.31. The van der Waals surface area contributed by atoms with Crippen molar-refractivity contribution in [1.82, 2.24) is 4.98 Å². The molecule has 2 aromatic rings. The molecule has 0 spiro atoms. The summed E-state index contributed by atoms with van der Waals surface area (Å²) >= 11 is 0. The number of aromatic nitrogens is 1. The van der Waals surface area contributed by atoms with Gasteiger partial charge in [0, 0.05) is 54.7 Å². The second kappa shape index (κ2) is 6.57. The molecule has 1 heterocycles. The first-order valence-electron chi connectivity index (χ1n) is 6.99. The van der Waals surface area contributed by atoms with Crippen LogP contribution >= 0.6 is 0 Å². The van der Waals surface area contributed by atoms with Crippen LogP contribution in [0.1, 0.15) is 13.8 Å². The zero-order chi connectivity index (χ0) is 14.5. The van der Waals surface area contributed by atoms with Crippen molar-refractivity contribution < 1.29 is 4.74 Å². The minimum absolute atomic E-state index is 0.585. The molecule has 4 heteroatoms. The van der Waals surface area contributed by atoms with E-state index in [4.69, 9.17) is 10.5 Å². The van der Waals surface area contributed by atoms with Crippen LogP contribution in [0.4, 0.5) is 11.4 Å². The zero-order valence-corrected chi connectivity index (χ0v) is 12.5. The summed E-state index contributed by atoms with van der Waals surface area (Å²) < 4.78 is 5.23. The molecule has 2 rings (SSSR count). The Morgan fingerprint density at radius 3 is 2.75 bits per heavy atom. The number of nitrogen functional groups attached to an aromatic ring is 1. The maximum atomic E-state index is 6.04. The van der Waals surface area contributed by atoms with Crippen molar-refractivity contribution in [3.63, 3.8) is 0 Å². The van der Waals surface area contributed by atoms with Crippen LogP contribution in [0.15, 0.2) is 30.6 Å². The second-order valence-corrected chi connectivity index (χ2v) is 5.43. The van der Waals surface area contributed by atoms with Crippen molar-refractivity contribution in [3.05, 3.63) is 30.6 Å². The highest BCUT2D eigenvalue weighted by Crippen LogP contribution is 2.30. The van der Waals surface area contributed by atoms with Gasteiger partial charge in [0.2, 0.25) is 0 Å². The highest BCUT2D eigenvalue weighted by molar-refractivity contribution is 6.00. The fourth-order valence-electron chi connectivity index (χ4n) is 2.42. The summed E-state index contributed by atoms with van der Waals surface area (Å²) in [5.41, 5.74) is 8.01. The predicted molar refractivity (Wildman–Crippen MR) is 85.1 cm³/mol. The van der Waals surface area contributed by atoms with Crippen molar-refractivity contribution in [2.24, 2.45) is 5.92 Å². The Balaban J connectivity index is 2.44. The molecule has 0 saturated carbocycles. The van der Waals surface area contributed by atoms with Gasteiger partial charge in [0.25, 0.3) is 0 Å². The highest BCUT2D eigenvalue weighted by atomic mass is 16.5. The number of methoxy groups -OCH3 is 1. The monoisotopic (exact) mass is 273 g/mol. The minimum atomic E-state index is 0.585. The Bertz CT molecular complexity index is 569. The number of hydrogen-bond acceptors (Lipinski definition) is 4. The summed E-state index contributed by atoms with van der Waals surface area (Å²) in [6.45, 7) is 7.02. The lowest BCUT2D eigenvalue weighted by atomic mass is 10.1. The molecule has 0 saturated heterocycles. The molecule has 0 radical (unpaired) electrons. The normalized spacial score (nSPS) is 11.2. The van der Waals surface area contributed by atoms with Crippen LogP contribution in [-0.2, 0) is 4.74 Å². The van der Waals surface area contributed by atoms with E-state index in [-0.39, 0.29) is 0 Å². The molecule has 0 unspecified atom stereocenters. The van der Waals surface area contributed by atoms with Crippen molar-refractivity contribution in [3.8, 4) is 0 Å². The fraction of sp³-hybridized carbons (Fsp3) is 0.438. The van der Waals surface area contributed by atoms with E-state index in [0.717, 1.165) is 29.5 Å². The Morgan fingerprint density at radius 1 is 1.25 bits per heavy atom. The van der Waals surface area contributed by atoms with E-state index in [9.17, 15) is 0 Å². The van der Waals surface area contributed by atoms with Gasteiger partial charge in [-0.05, 0) is 24.1 Å². The van der Waals surface area contributed by atoms with Gasteiger partial charge in [-0.3, -0.25) is 4.98 Å². The van der Waals surface area contributed by atoms with E-state index in [0.29, 0.717) is 12.5 Å². The number of pyridine rings is 1. The molecule has 20 heavy (non-hydrogen) atoms. The molecule has 0 aliphatic rings. The van der Waals surface area contributed by atoms with E-state index in [2.05, 4.69) is 29.8 Å². The average molecular weight is 273 g/mol. The predicted octanol–water partition coefficient (Wildman–Crippen LogP) is 2.93. The summed E-state index contributed by atoms with van der Waals surface area (Å²) in [4.78, 5) is 6.53. The number of hydrogen-bond donors (Lipinski definition) is 1. The third kappa shape index (κ3) is 3.20. The number of benzene rings is 1. The molecule has 108 valence electrons. The smallest absolute Gasteiger partial charge is 0.0637 e. The molecule has 0 aliphatic carbocycles. The summed E-state index contributed by atoms with van der Waals surface area (Å²) in [5, 5.41) is 2.16. The van der Waals surface area contributed by atoms with Crippen LogP contribution < -0.4 is 10.6 Å². The van der Waals surface area contributed by atoms with Crippen LogP contribution in [0.2, 0.25) is 0 Å². The molecule has 1 aromatic heterocycles. The molecule has 1 aromatic carbocycles. The highest BCUT2D eigenvalue weighted by Gasteiger charge is 2.12. The first kappa shape index (κ1) is 14.6. The first-order chi connectivity index (χ1) is 9.63. The summed E-state index contributed by atoms with van der Waals surface area (Å²) in [6, 6.07) is 6.08. The molecule has 0 amide bonds. The van der Waals surface area contributed by atoms with Crippen molar-refractivity contribution in [2.75, 3.05) is 37.4 Å². The van der Waals surface area contributed by atoms with E-state index in [1.165, 1.54) is 5.69 Å². The number of ether oxygens (including phenoxy) is 1. The molecule has 0 aliphatic heterocycles. The molecule has 0 atom stereocenters. The second-order valence-electron chi connectivity index (χ2n) is 5.43. The molecule has 0 bridgehead atoms. The van der Waals surface area contributed by atoms with Gasteiger partial charge in [-0.2, -0.15) is 0 Å². The lowest BCUT2D eigenvalue weighted by molar-refractivity contribution is 0.204. The van der Waals surface area contributed by atoms with Gasteiger partial charge in [-0.25, -0.2) is 0 Å². The molecule has 2 N–H and O–H groups in total. The zero-order valence-electron chi connectivity index (χ0n) is 12.5. The number of anilines is 2. The summed E-state index contributed by atoms with van der Waals surface area (Å²) in [5.74, 6) is 0.585. The van der Waals surface area contributed by atoms with E-state index in [1.807, 2.05) is 24.5 Å². The van der Waals surface area contributed by atoms with Crippen LogP contribution in [0.3, 0.4) is 0 Å². The third-order valence-corrected chi connectivity index (χ3v) is 3.32. The van der Waals surface area contributed by atoms with Gasteiger partial charge in [-0.15, -0.1) is 0 Å². The number of nitrogens with two attached hydrogens (primary N) is 1. The van der Waals surface area contributed by atoms with Crippen LogP contribution in [0.5, 0.6) is 0 Å². The van der Waals surface area contributed by atoms with Crippen LogP contribution in [0, 0.1) is 5.92 Å². The SMILES string of the molecule is COCCN(CC(C)C)c1ccc(N)c2cnccc12. The van der Waals surface area contributed by atoms with Gasteiger partial charge >= 0.3 is 0 Å². The maximum Gasteiger partial charge on any atom is 0.0637 e. The van der Waals surface area contributed by atoms with E-state index in [1.54, 1.807) is 7.11 Å². The fourth-order valence-corrected chi connectivity index (χ4v) is 2.42. The minimum Gasteiger partial charge on any atom is -0.398 e. The van der Waals surface area contributed by atoms with Gasteiger partial charge < -0.3 is 15.4 Å². The van der Waals surface area contributed by atoms with E-state index >= 15 is 0 Å². The Hall–Kier alpha value is -1.81. The van der Waals surface area contributed by atoms with Crippen molar-refractivity contribution in [1.29, 1.82) is 0 Å². The van der Waals surface area contributed by atoms with Gasteiger partial charge in [0.05, 0.1) is 6.61 Å². The number of fused-ring (bicyclic) bond motifs is 1. The Kier molecular flexibility index (Phi) is 4.79. The molecule has 4 nitrogen and oxygen atoms in total. The molecular weight excluding hydrogens is 250 g/mol. The van der Waals surface area contributed by atoms with Gasteiger partial charge in [-0.1, -0.05) is 13.8 Å².